The van der Waals surface area contributed by atoms with Gasteiger partial charge in [-0.15, -0.1) is 0 Å². The highest BCUT2D eigenvalue weighted by Gasteiger charge is 2.13. The molecule has 0 aromatic heterocycles. The number of morpholine rings is 1. The fourth-order valence-electron chi connectivity index (χ4n) is 1.48. The van der Waals surface area contributed by atoms with Crippen LogP contribution in [0.5, 0.6) is 5.75 Å². The van der Waals surface area contributed by atoms with Crippen molar-refractivity contribution < 1.29 is 9.47 Å². The Kier molecular flexibility index (Phi) is 4.00. The van der Waals surface area contributed by atoms with Crippen LogP contribution >= 0.6 is 15.9 Å². The summed E-state index contributed by atoms with van der Waals surface area (Å²) in [6.07, 6.45) is 0. The third kappa shape index (κ3) is 3.19. The highest BCUT2D eigenvalue weighted by Crippen LogP contribution is 2.23. The van der Waals surface area contributed by atoms with Gasteiger partial charge >= 0.3 is 0 Å². The average molecular weight is 272 g/mol. The second kappa shape index (κ2) is 5.49. The van der Waals surface area contributed by atoms with Gasteiger partial charge in [0.2, 0.25) is 0 Å². The summed E-state index contributed by atoms with van der Waals surface area (Å²) in [6.45, 7) is 3.07. The molecular weight excluding hydrogens is 258 g/mol. The van der Waals surface area contributed by atoms with E-state index in [0.717, 1.165) is 30.0 Å². The molecule has 0 radical (unpaired) electrons. The summed E-state index contributed by atoms with van der Waals surface area (Å²) in [7, 11) is 0. The van der Waals surface area contributed by atoms with Gasteiger partial charge in [0.1, 0.15) is 12.4 Å². The van der Waals surface area contributed by atoms with Crippen LogP contribution in [0, 0.1) is 0 Å². The van der Waals surface area contributed by atoms with Crippen LogP contribution in [-0.4, -0.2) is 32.4 Å². The van der Waals surface area contributed by atoms with Crippen molar-refractivity contribution in [3.05, 3.63) is 28.7 Å². The third-order valence-electron chi connectivity index (χ3n) is 2.28. The number of benzene rings is 1. The van der Waals surface area contributed by atoms with Crippen LogP contribution in [0.2, 0.25) is 0 Å². The Morgan fingerprint density at radius 2 is 2.33 bits per heavy atom. The third-order valence-corrected chi connectivity index (χ3v) is 2.93. The van der Waals surface area contributed by atoms with E-state index in [1.165, 1.54) is 0 Å². The monoisotopic (exact) mass is 271 g/mol. The standard InChI is InChI=1S/C11H14BrNO2/c12-10-3-1-2-4-11(10)15-8-9-7-14-6-5-13-9/h1-4,9,13H,5-8H2. The number of ether oxygens (including phenoxy) is 2. The lowest BCUT2D eigenvalue weighted by Crippen LogP contribution is -2.44. The largest absolute Gasteiger partial charge is 0.491 e. The Balaban J connectivity index is 1.84. The van der Waals surface area contributed by atoms with Crippen LogP contribution in [-0.2, 0) is 4.74 Å². The Morgan fingerprint density at radius 1 is 1.47 bits per heavy atom. The molecule has 0 amide bonds. The molecule has 1 saturated heterocycles. The van der Waals surface area contributed by atoms with E-state index in [9.17, 15) is 0 Å². The maximum atomic E-state index is 5.69. The van der Waals surface area contributed by atoms with E-state index in [0.29, 0.717) is 12.6 Å². The van der Waals surface area contributed by atoms with Crippen molar-refractivity contribution in [1.82, 2.24) is 5.32 Å². The first-order valence-electron chi connectivity index (χ1n) is 5.05. The minimum absolute atomic E-state index is 0.297. The van der Waals surface area contributed by atoms with Gasteiger partial charge in [0.05, 0.1) is 23.7 Å². The highest BCUT2D eigenvalue weighted by molar-refractivity contribution is 9.10. The number of hydrogen-bond acceptors (Lipinski definition) is 3. The number of para-hydroxylation sites is 1. The lowest BCUT2D eigenvalue weighted by atomic mass is 10.3. The van der Waals surface area contributed by atoms with Gasteiger partial charge in [0.25, 0.3) is 0 Å². The van der Waals surface area contributed by atoms with Crippen molar-refractivity contribution in [3.8, 4) is 5.75 Å². The van der Waals surface area contributed by atoms with Crippen LogP contribution in [0.4, 0.5) is 0 Å². The molecular formula is C11H14BrNO2. The Bertz CT molecular complexity index is 313. The summed E-state index contributed by atoms with van der Waals surface area (Å²) in [5.41, 5.74) is 0. The van der Waals surface area contributed by atoms with Gasteiger partial charge in [0.15, 0.2) is 0 Å². The first kappa shape index (κ1) is 10.9. The van der Waals surface area contributed by atoms with Crippen molar-refractivity contribution in [1.29, 1.82) is 0 Å². The molecule has 4 heteroatoms. The second-order valence-electron chi connectivity index (χ2n) is 3.47. The van der Waals surface area contributed by atoms with Crippen LogP contribution in [0.25, 0.3) is 0 Å². The molecule has 0 saturated carbocycles. The molecule has 0 bridgehead atoms. The molecule has 1 fully saturated rings. The van der Waals surface area contributed by atoms with Gasteiger partial charge in [-0.2, -0.15) is 0 Å². The van der Waals surface area contributed by atoms with Crippen LogP contribution in [0.1, 0.15) is 0 Å². The lowest BCUT2D eigenvalue weighted by molar-refractivity contribution is 0.0591. The van der Waals surface area contributed by atoms with Gasteiger partial charge in [-0.1, -0.05) is 12.1 Å². The summed E-state index contributed by atoms with van der Waals surface area (Å²) in [5.74, 6) is 0.880. The van der Waals surface area contributed by atoms with Crippen molar-refractivity contribution in [2.75, 3.05) is 26.4 Å². The highest BCUT2D eigenvalue weighted by atomic mass is 79.9. The van der Waals surface area contributed by atoms with Gasteiger partial charge in [-0.3, -0.25) is 0 Å². The SMILES string of the molecule is Brc1ccccc1OCC1COCCN1. The number of rotatable bonds is 3. The van der Waals surface area contributed by atoms with E-state index in [2.05, 4.69) is 21.2 Å². The van der Waals surface area contributed by atoms with Crippen LogP contribution in [0.15, 0.2) is 28.7 Å². The molecule has 3 nitrogen and oxygen atoms in total. The predicted octanol–water partition coefficient (Wildman–Crippen LogP) is 1.82. The Morgan fingerprint density at radius 3 is 3.07 bits per heavy atom. The van der Waals surface area contributed by atoms with Crippen molar-refractivity contribution in [2.45, 2.75) is 6.04 Å². The smallest absolute Gasteiger partial charge is 0.133 e. The van der Waals surface area contributed by atoms with Crippen molar-refractivity contribution >= 4 is 15.9 Å². The zero-order valence-electron chi connectivity index (χ0n) is 8.41. The number of nitrogens with one attached hydrogen (secondary N) is 1. The molecule has 1 aromatic carbocycles. The normalized spacial score (nSPS) is 21.3. The molecule has 2 rings (SSSR count). The fraction of sp³-hybridized carbons (Fsp3) is 0.455. The summed E-state index contributed by atoms with van der Waals surface area (Å²) >= 11 is 3.44. The van der Waals surface area contributed by atoms with Gasteiger partial charge < -0.3 is 14.8 Å². The predicted molar refractivity (Wildman–Crippen MR) is 62.2 cm³/mol. The minimum atomic E-state index is 0.297. The Labute approximate surface area is 97.9 Å². The zero-order valence-corrected chi connectivity index (χ0v) is 10.00. The Hall–Kier alpha value is -0.580. The molecule has 1 aromatic rings. The fourth-order valence-corrected chi connectivity index (χ4v) is 1.88. The summed E-state index contributed by atoms with van der Waals surface area (Å²) in [5, 5.41) is 3.34. The molecule has 1 atom stereocenters. The first-order chi connectivity index (χ1) is 7.36. The quantitative estimate of drug-likeness (QED) is 0.910. The van der Waals surface area contributed by atoms with E-state index in [-0.39, 0.29) is 0 Å². The number of halogens is 1. The zero-order chi connectivity index (χ0) is 10.5. The van der Waals surface area contributed by atoms with Crippen LogP contribution < -0.4 is 10.1 Å². The molecule has 0 aliphatic carbocycles. The van der Waals surface area contributed by atoms with Gasteiger partial charge in [-0.05, 0) is 28.1 Å². The lowest BCUT2D eigenvalue weighted by Gasteiger charge is -2.23. The van der Waals surface area contributed by atoms with E-state index < -0.39 is 0 Å². The molecule has 15 heavy (non-hydrogen) atoms. The van der Waals surface area contributed by atoms with Gasteiger partial charge in [0, 0.05) is 6.54 Å². The number of hydrogen-bond donors (Lipinski definition) is 1. The van der Waals surface area contributed by atoms with E-state index in [1.54, 1.807) is 0 Å². The van der Waals surface area contributed by atoms with E-state index in [4.69, 9.17) is 9.47 Å². The average Bonchev–Trinajstić information content (AvgIpc) is 2.29. The maximum absolute atomic E-state index is 5.69. The van der Waals surface area contributed by atoms with E-state index in [1.807, 2.05) is 24.3 Å². The molecule has 82 valence electrons. The first-order valence-corrected chi connectivity index (χ1v) is 5.84. The molecule has 0 spiro atoms. The van der Waals surface area contributed by atoms with Crippen molar-refractivity contribution in [2.24, 2.45) is 0 Å². The summed E-state index contributed by atoms with van der Waals surface area (Å²) < 4.78 is 12.0. The molecule has 1 unspecified atom stereocenters. The van der Waals surface area contributed by atoms with Gasteiger partial charge in [-0.25, -0.2) is 0 Å². The molecule has 1 N–H and O–H groups in total. The minimum Gasteiger partial charge on any atom is -0.491 e. The van der Waals surface area contributed by atoms with Crippen molar-refractivity contribution in [3.63, 3.8) is 0 Å². The summed E-state index contributed by atoms with van der Waals surface area (Å²) in [4.78, 5) is 0. The summed E-state index contributed by atoms with van der Waals surface area (Å²) in [6, 6.07) is 8.16. The molecule has 1 aliphatic heterocycles. The molecule has 1 heterocycles. The van der Waals surface area contributed by atoms with Crippen LogP contribution in [0.3, 0.4) is 0 Å². The second-order valence-corrected chi connectivity index (χ2v) is 4.32. The topological polar surface area (TPSA) is 30.5 Å². The van der Waals surface area contributed by atoms with E-state index >= 15 is 0 Å². The maximum Gasteiger partial charge on any atom is 0.133 e. The molecule has 1 aliphatic rings.